The molecule has 0 aliphatic carbocycles. The molecule has 0 spiro atoms. The zero-order valence-electron chi connectivity index (χ0n) is 12.5. The van der Waals surface area contributed by atoms with Crippen LogP contribution >= 0.6 is 80.6 Å². The minimum atomic E-state index is -1.40. The Morgan fingerprint density at radius 3 is 1.57 bits per heavy atom. The highest BCUT2D eigenvalue weighted by atomic mass is 34.1. The molecule has 23 heavy (non-hydrogen) atoms. The van der Waals surface area contributed by atoms with Crippen molar-refractivity contribution in [2.75, 3.05) is 5.75 Å². The van der Waals surface area contributed by atoms with Crippen LogP contribution in [0.15, 0.2) is 0 Å². The summed E-state index contributed by atoms with van der Waals surface area (Å²) in [4.78, 5) is 0. The van der Waals surface area contributed by atoms with E-state index >= 15 is 0 Å². The fourth-order valence-electron chi connectivity index (χ4n) is 2.22. The van der Waals surface area contributed by atoms with Crippen molar-refractivity contribution in [1.82, 2.24) is 0 Å². The predicted octanol–water partition coefficient (Wildman–Crippen LogP) is 10.6. The summed E-state index contributed by atoms with van der Waals surface area (Å²) in [6.45, 7) is 2.28. The molecule has 134 valence electrons. The van der Waals surface area contributed by atoms with Gasteiger partial charge in [-0.15, -0.1) is 0 Å². The SMILES string of the molecule is CCCCCCCCC[S+]=P12SP3(=S)SP(=S)(SP(=S)(S3)S1)S2. The van der Waals surface area contributed by atoms with Crippen molar-refractivity contribution < 1.29 is 0 Å². The molecule has 4 fully saturated rings. The van der Waals surface area contributed by atoms with Gasteiger partial charge in [0.05, 0.1) is 0 Å². The molecule has 4 aliphatic heterocycles. The minimum Gasteiger partial charge on any atom is -0.0654 e. The van der Waals surface area contributed by atoms with Gasteiger partial charge in [0.1, 0.15) is 10.9 Å². The summed E-state index contributed by atoms with van der Waals surface area (Å²) in [6.07, 6.45) is 9.75. The van der Waals surface area contributed by atoms with Gasteiger partial charge in [-0.1, -0.05) is 74.4 Å². The molecule has 4 heterocycles. The third-order valence-electron chi connectivity index (χ3n) is 3.20. The molecule has 0 atom stereocenters. The minimum absolute atomic E-state index is 1.17. The quantitative estimate of drug-likeness (QED) is 0.157. The van der Waals surface area contributed by atoms with Gasteiger partial charge in [0, 0.05) is 39.4 Å². The highest BCUT2D eigenvalue weighted by Gasteiger charge is 2.65. The highest BCUT2D eigenvalue weighted by Crippen LogP contribution is 3.30. The average molecular weight is 572 g/mol. The molecule has 4 saturated heterocycles. The second-order valence-electron chi connectivity index (χ2n) is 5.23. The maximum absolute atomic E-state index is 6.06. The van der Waals surface area contributed by atoms with Gasteiger partial charge in [-0.25, -0.2) is 0 Å². The first-order chi connectivity index (χ1) is 10.8. The maximum Gasteiger partial charge on any atom is 0.303 e. The Balaban J connectivity index is 1.58. The van der Waals surface area contributed by atoms with Crippen molar-refractivity contribution in [3.8, 4) is 0 Å². The van der Waals surface area contributed by atoms with Crippen LogP contribution in [0, 0.1) is 0 Å². The van der Waals surface area contributed by atoms with E-state index in [2.05, 4.69) is 50.9 Å². The van der Waals surface area contributed by atoms with Crippen LogP contribution in [0.4, 0.5) is 0 Å². The molecule has 0 aromatic carbocycles. The predicted molar refractivity (Wildman–Crippen MR) is 146 cm³/mol. The highest BCUT2D eigenvalue weighted by molar-refractivity contribution is 9.83. The van der Waals surface area contributed by atoms with Gasteiger partial charge >= 0.3 is 3.64 Å². The lowest BCUT2D eigenvalue weighted by molar-refractivity contribution is 0.604. The number of unbranched alkanes of at least 4 members (excludes halogenated alkanes) is 6. The third kappa shape index (κ3) is 6.09. The zero-order valence-corrected chi connectivity index (χ0v) is 24.3. The van der Waals surface area contributed by atoms with Crippen LogP contribution in [0.3, 0.4) is 0 Å². The van der Waals surface area contributed by atoms with Gasteiger partial charge < -0.3 is 0 Å². The second kappa shape index (κ2) is 9.23. The van der Waals surface area contributed by atoms with Crippen LogP contribution in [-0.2, 0) is 46.4 Å². The molecular formula is C9H19P4S10+. The first-order valence-electron chi connectivity index (χ1n) is 7.42. The van der Waals surface area contributed by atoms with Gasteiger partial charge in [0.25, 0.3) is 0 Å². The molecule has 4 aliphatic rings. The molecular weight excluding hydrogens is 553 g/mol. The van der Waals surface area contributed by atoms with E-state index in [1.807, 2.05) is 33.0 Å². The Morgan fingerprint density at radius 1 is 0.652 bits per heavy atom. The van der Waals surface area contributed by atoms with Gasteiger partial charge in [-0.05, 0) is 39.4 Å². The van der Waals surface area contributed by atoms with Crippen molar-refractivity contribution in [3.05, 3.63) is 0 Å². The van der Waals surface area contributed by atoms with Crippen LogP contribution in [0.5, 0.6) is 0 Å². The molecule has 4 rings (SSSR count). The van der Waals surface area contributed by atoms with Gasteiger partial charge in [-0.2, -0.15) is 0 Å². The van der Waals surface area contributed by atoms with Gasteiger partial charge in [-0.3, -0.25) is 0 Å². The van der Waals surface area contributed by atoms with Crippen LogP contribution in [0.25, 0.3) is 0 Å². The summed E-state index contributed by atoms with van der Waals surface area (Å²) in [5.41, 5.74) is 0. The molecule has 4 bridgehead atoms. The lowest BCUT2D eigenvalue weighted by Gasteiger charge is -2.48. The second-order valence-corrected chi connectivity index (χ2v) is 65.9. The molecule has 0 unspecified atom stereocenters. The molecule has 0 amide bonds. The summed E-state index contributed by atoms with van der Waals surface area (Å²) in [7, 11) is 2.24. The van der Waals surface area contributed by atoms with Crippen molar-refractivity contribution in [2.24, 2.45) is 0 Å². The van der Waals surface area contributed by atoms with Crippen molar-refractivity contribution in [3.63, 3.8) is 0 Å². The largest absolute Gasteiger partial charge is 0.303 e. The summed E-state index contributed by atoms with van der Waals surface area (Å²) in [6, 6.07) is 0. The summed E-state index contributed by atoms with van der Waals surface area (Å²) >= 11 is 30.9. The van der Waals surface area contributed by atoms with Crippen LogP contribution in [0.2, 0.25) is 0 Å². The fourth-order valence-corrected chi connectivity index (χ4v) is 233. The molecule has 0 aromatic heterocycles. The molecule has 14 heteroatoms. The molecule has 0 saturated carbocycles. The number of hydrogen-bond acceptors (Lipinski definition) is 9. The molecule has 0 aromatic rings. The van der Waals surface area contributed by atoms with Crippen molar-refractivity contribution in [1.29, 1.82) is 0 Å². The first kappa shape index (κ1) is 22.4. The Labute approximate surface area is 182 Å². The van der Waals surface area contributed by atoms with Crippen LogP contribution < -0.4 is 0 Å². The molecule has 0 N–H and O–H groups in total. The Morgan fingerprint density at radius 2 is 1.09 bits per heavy atom. The molecule has 0 radical (unpaired) electrons. The van der Waals surface area contributed by atoms with Gasteiger partial charge in [0.15, 0.2) is 16.7 Å². The van der Waals surface area contributed by atoms with Crippen LogP contribution in [0.1, 0.15) is 51.9 Å². The average Bonchev–Trinajstić information content (AvgIpc) is 2.36. The van der Waals surface area contributed by atoms with Crippen LogP contribution in [-0.4, -0.2) is 5.75 Å². The number of rotatable bonds is 8. The Bertz CT molecular complexity index is 569. The summed E-state index contributed by atoms with van der Waals surface area (Å²) in [5, 5.41) is 0. The Kier molecular flexibility index (Phi) is 8.99. The summed E-state index contributed by atoms with van der Waals surface area (Å²) in [5.74, 6) is 1.30. The zero-order chi connectivity index (χ0) is 16.6. The van der Waals surface area contributed by atoms with E-state index in [1.165, 1.54) is 50.7 Å². The van der Waals surface area contributed by atoms with Gasteiger partial charge in [0.2, 0.25) is 0 Å². The van der Waals surface area contributed by atoms with Crippen molar-refractivity contribution in [2.45, 2.75) is 51.9 Å². The smallest absolute Gasteiger partial charge is 0.0654 e. The Hall–Kier alpha value is 4.70. The standard InChI is InChI=1S/C9H19P4S10/c1-2-3-4-5-6-7-8-9-17-13-21-10(14)18-11(15,22-13)20-12(16,19-10)23-13/h2-9H2,1H3/q+1. The lowest BCUT2D eigenvalue weighted by Crippen LogP contribution is -1.89. The van der Waals surface area contributed by atoms with E-state index in [-0.39, 0.29) is 0 Å². The molecule has 0 nitrogen and oxygen atoms in total. The normalized spacial score (nSPS) is 44.6. The van der Waals surface area contributed by atoms with E-state index < -0.39 is 14.6 Å². The van der Waals surface area contributed by atoms with E-state index in [4.69, 9.17) is 35.4 Å². The number of hydrogen-bond donors (Lipinski definition) is 0. The van der Waals surface area contributed by atoms with E-state index in [0.717, 1.165) is 0 Å². The van der Waals surface area contributed by atoms with Crippen molar-refractivity contribution >= 4 is 127 Å². The summed E-state index contributed by atoms with van der Waals surface area (Å²) < 4.78 is -5.37. The van der Waals surface area contributed by atoms with E-state index in [1.54, 1.807) is 0 Å². The maximum atomic E-state index is 6.06. The monoisotopic (exact) mass is 571 g/mol. The fraction of sp³-hybridized carbons (Fsp3) is 1.00. The first-order valence-corrected chi connectivity index (χ1v) is 31.4. The van der Waals surface area contributed by atoms with E-state index in [0.29, 0.717) is 0 Å². The lowest BCUT2D eigenvalue weighted by atomic mass is 10.1. The third-order valence-corrected chi connectivity index (χ3v) is 104. The van der Waals surface area contributed by atoms with E-state index in [9.17, 15) is 0 Å². The topological polar surface area (TPSA) is 0 Å².